The van der Waals surface area contributed by atoms with E-state index in [1.807, 2.05) is 36.6 Å². The molecular weight excluding hydrogens is 210 g/mol. The molecule has 1 atom stereocenters. The predicted octanol–water partition coefficient (Wildman–Crippen LogP) is 3.04. The summed E-state index contributed by atoms with van der Waals surface area (Å²) in [4.78, 5) is 4.31. The minimum absolute atomic E-state index is 0.207. The molecule has 0 bridgehead atoms. The number of ether oxygens (including phenoxy) is 1. The Labute approximate surface area is 101 Å². The summed E-state index contributed by atoms with van der Waals surface area (Å²) in [5, 5.41) is 0. The van der Waals surface area contributed by atoms with Crippen LogP contribution in [0.4, 0.5) is 0 Å². The summed E-state index contributed by atoms with van der Waals surface area (Å²) < 4.78 is 5.76. The molecule has 0 saturated carbocycles. The molecule has 17 heavy (non-hydrogen) atoms. The maximum atomic E-state index is 5.76. The topological polar surface area (TPSA) is 21.6 Å². The monoisotopic (exact) mass is 223 g/mol. The lowest BCUT2D eigenvalue weighted by Crippen LogP contribution is -2.05. The van der Waals surface area contributed by atoms with E-state index in [1.165, 1.54) is 11.1 Å². The fourth-order valence-electron chi connectivity index (χ4n) is 1.93. The van der Waals surface area contributed by atoms with E-state index in [-0.39, 0.29) is 6.04 Å². The summed E-state index contributed by atoms with van der Waals surface area (Å²) >= 11 is 0. The SMILES string of the molecule is C1=C[C@@H]2N=CC=C2C=C1OCc1ccccc1. The fraction of sp³-hybridized carbons (Fsp3) is 0.133. The molecule has 2 heteroatoms. The Balaban J connectivity index is 1.66. The van der Waals surface area contributed by atoms with Crippen LogP contribution >= 0.6 is 0 Å². The number of hydrogen-bond donors (Lipinski definition) is 0. The van der Waals surface area contributed by atoms with Crippen LogP contribution in [0.25, 0.3) is 0 Å². The van der Waals surface area contributed by atoms with Crippen molar-refractivity contribution < 1.29 is 4.74 Å². The third-order valence-electron chi connectivity index (χ3n) is 2.86. The lowest BCUT2D eigenvalue weighted by Gasteiger charge is -2.14. The lowest BCUT2D eigenvalue weighted by atomic mass is 10.0. The standard InChI is InChI=1S/C15H13NO/c1-2-4-12(5-3-1)11-17-14-6-7-15-13(10-14)8-9-16-15/h1-10,15H,11H2/t15-/m0/s1. The van der Waals surface area contributed by atoms with E-state index in [0.29, 0.717) is 6.61 Å². The second-order valence-electron chi connectivity index (χ2n) is 4.09. The Morgan fingerprint density at radius 2 is 2.06 bits per heavy atom. The van der Waals surface area contributed by atoms with Crippen molar-refractivity contribution in [3.05, 3.63) is 71.5 Å². The molecule has 0 fully saturated rings. The van der Waals surface area contributed by atoms with Gasteiger partial charge in [-0.1, -0.05) is 36.4 Å². The number of aliphatic imine (C=N–C) groups is 1. The van der Waals surface area contributed by atoms with E-state index >= 15 is 0 Å². The third kappa shape index (κ3) is 2.21. The van der Waals surface area contributed by atoms with E-state index in [9.17, 15) is 0 Å². The molecule has 0 radical (unpaired) electrons. The number of rotatable bonds is 3. The normalized spacial score (nSPS) is 20.8. The number of fused-ring (bicyclic) bond motifs is 1. The Morgan fingerprint density at radius 3 is 2.94 bits per heavy atom. The minimum atomic E-state index is 0.207. The van der Waals surface area contributed by atoms with Crippen molar-refractivity contribution in [2.75, 3.05) is 0 Å². The average Bonchev–Trinajstić information content (AvgIpc) is 2.85. The number of benzene rings is 1. The van der Waals surface area contributed by atoms with Gasteiger partial charge in [-0.3, -0.25) is 4.99 Å². The quantitative estimate of drug-likeness (QED) is 0.771. The number of allylic oxidation sites excluding steroid dienone is 2. The van der Waals surface area contributed by atoms with Gasteiger partial charge in [-0.25, -0.2) is 0 Å². The van der Waals surface area contributed by atoms with Gasteiger partial charge in [0.25, 0.3) is 0 Å². The molecule has 3 rings (SSSR count). The number of hydrogen-bond acceptors (Lipinski definition) is 2. The maximum absolute atomic E-state index is 5.76. The summed E-state index contributed by atoms with van der Waals surface area (Å²) in [6.45, 7) is 0.607. The Kier molecular flexibility index (Phi) is 2.62. The van der Waals surface area contributed by atoms with E-state index in [1.54, 1.807) is 0 Å². The highest BCUT2D eigenvalue weighted by Crippen LogP contribution is 2.23. The summed E-state index contributed by atoms with van der Waals surface area (Å²) in [5.41, 5.74) is 2.39. The molecule has 1 aliphatic carbocycles. The summed E-state index contributed by atoms with van der Waals surface area (Å²) in [6, 6.07) is 10.4. The Morgan fingerprint density at radius 1 is 1.18 bits per heavy atom. The van der Waals surface area contributed by atoms with Gasteiger partial charge in [-0.15, -0.1) is 0 Å². The van der Waals surface area contributed by atoms with E-state index < -0.39 is 0 Å². The molecule has 0 spiro atoms. The highest BCUT2D eigenvalue weighted by atomic mass is 16.5. The third-order valence-corrected chi connectivity index (χ3v) is 2.86. The maximum Gasteiger partial charge on any atom is 0.119 e. The molecule has 0 aromatic heterocycles. The highest BCUT2D eigenvalue weighted by Gasteiger charge is 2.15. The van der Waals surface area contributed by atoms with Crippen LogP contribution in [-0.4, -0.2) is 12.3 Å². The molecule has 0 unspecified atom stereocenters. The van der Waals surface area contributed by atoms with Crippen LogP contribution in [0.5, 0.6) is 0 Å². The van der Waals surface area contributed by atoms with Crippen LogP contribution in [0, 0.1) is 0 Å². The first-order valence-corrected chi connectivity index (χ1v) is 5.72. The Hall–Kier alpha value is -2.09. The first kappa shape index (κ1) is 10.1. The molecule has 1 heterocycles. The van der Waals surface area contributed by atoms with Crippen LogP contribution < -0.4 is 0 Å². The zero-order valence-electron chi connectivity index (χ0n) is 9.41. The van der Waals surface area contributed by atoms with Crippen LogP contribution in [0.1, 0.15) is 5.56 Å². The number of nitrogens with zero attached hydrogens (tertiary/aromatic N) is 1. The van der Waals surface area contributed by atoms with Crippen LogP contribution in [0.3, 0.4) is 0 Å². The summed E-state index contributed by atoms with van der Waals surface area (Å²) in [7, 11) is 0. The van der Waals surface area contributed by atoms with Crippen molar-refractivity contribution in [2.24, 2.45) is 4.99 Å². The molecule has 2 nitrogen and oxygen atoms in total. The zero-order valence-corrected chi connectivity index (χ0v) is 9.41. The van der Waals surface area contributed by atoms with Crippen molar-refractivity contribution >= 4 is 6.21 Å². The fourth-order valence-corrected chi connectivity index (χ4v) is 1.93. The first-order valence-electron chi connectivity index (χ1n) is 5.72. The second-order valence-corrected chi connectivity index (χ2v) is 4.09. The summed E-state index contributed by atoms with van der Waals surface area (Å²) in [6.07, 6.45) is 9.99. The van der Waals surface area contributed by atoms with Crippen molar-refractivity contribution in [3.63, 3.8) is 0 Å². The van der Waals surface area contributed by atoms with Crippen molar-refractivity contribution in [3.8, 4) is 0 Å². The smallest absolute Gasteiger partial charge is 0.119 e. The molecule has 1 aromatic carbocycles. The van der Waals surface area contributed by atoms with Gasteiger partial charge in [-0.05, 0) is 29.4 Å². The van der Waals surface area contributed by atoms with Gasteiger partial charge in [0.1, 0.15) is 12.4 Å². The molecule has 84 valence electrons. The molecule has 0 saturated heterocycles. The highest BCUT2D eigenvalue weighted by molar-refractivity contribution is 5.78. The zero-order chi connectivity index (χ0) is 11.5. The molecular formula is C15H13NO. The van der Waals surface area contributed by atoms with Crippen LogP contribution in [0.15, 0.2) is 71.0 Å². The van der Waals surface area contributed by atoms with Crippen molar-refractivity contribution in [2.45, 2.75) is 12.6 Å². The molecule has 0 N–H and O–H groups in total. The lowest BCUT2D eigenvalue weighted by molar-refractivity contribution is 0.210. The Bertz CT molecular complexity index is 523. The van der Waals surface area contributed by atoms with Crippen molar-refractivity contribution in [1.29, 1.82) is 0 Å². The molecule has 1 aliphatic heterocycles. The molecule has 1 aromatic rings. The van der Waals surface area contributed by atoms with Gasteiger partial charge in [-0.2, -0.15) is 0 Å². The van der Waals surface area contributed by atoms with E-state index in [4.69, 9.17) is 4.74 Å². The minimum Gasteiger partial charge on any atom is -0.489 e. The predicted molar refractivity (Wildman–Crippen MR) is 68.8 cm³/mol. The van der Waals surface area contributed by atoms with Gasteiger partial charge < -0.3 is 4.74 Å². The van der Waals surface area contributed by atoms with Crippen LogP contribution in [0.2, 0.25) is 0 Å². The van der Waals surface area contributed by atoms with Gasteiger partial charge in [0, 0.05) is 6.21 Å². The van der Waals surface area contributed by atoms with Gasteiger partial charge in [0.2, 0.25) is 0 Å². The second kappa shape index (κ2) is 4.42. The van der Waals surface area contributed by atoms with Crippen LogP contribution in [-0.2, 0) is 11.3 Å². The van der Waals surface area contributed by atoms with Gasteiger partial charge in [0.05, 0.1) is 6.04 Å². The first-order chi connectivity index (χ1) is 8.42. The van der Waals surface area contributed by atoms with E-state index in [0.717, 1.165) is 5.76 Å². The van der Waals surface area contributed by atoms with Gasteiger partial charge >= 0.3 is 0 Å². The van der Waals surface area contributed by atoms with E-state index in [2.05, 4.69) is 29.3 Å². The molecule has 2 aliphatic rings. The molecule has 0 amide bonds. The summed E-state index contributed by atoms with van der Waals surface area (Å²) in [5.74, 6) is 0.904. The average molecular weight is 223 g/mol. The van der Waals surface area contributed by atoms with Crippen molar-refractivity contribution in [1.82, 2.24) is 0 Å². The largest absolute Gasteiger partial charge is 0.489 e. The van der Waals surface area contributed by atoms with Gasteiger partial charge in [0.15, 0.2) is 0 Å².